The van der Waals surface area contributed by atoms with Gasteiger partial charge in [-0.15, -0.1) is 0 Å². The minimum absolute atomic E-state index is 0.0519. The van der Waals surface area contributed by atoms with Crippen molar-refractivity contribution >= 4 is 34.4 Å². The molecule has 2 aromatic carbocycles. The van der Waals surface area contributed by atoms with Crippen LogP contribution in [0.3, 0.4) is 0 Å². The zero-order valence-electron chi connectivity index (χ0n) is 17.5. The molecule has 1 atom stereocenters. The fourth-order valence-electron chi connectivity index (χ4n) is 3.75. The number of amides is 2. The summed E-state index contributed by atoms with van der Waals surface area (Å²) in [6.07, 6.45) is 0.232. The van der Waals surface area contributed by atoms with Crippen molar-refractivity contribution in [3.63, 3.8) is 0 Å². The van der Waals surface area contributed by atoms with Gasteiger partial charge in [0.1, 0.15) is 0 Å². The van der Waals surface area contributed by atoms with Crippen molar-refractivity contribution in [2.24, 2.45) is 4.99 Å². The van der Waals surface area contributed by atoms with Gasteiger partial charge in [0, 0.05) is 17.9 Å². The van der Waals surface area contributed by atoms with E-state index in [0.29, 0.717) is 17.8 Å². The van der Waals surface area contributed by atoms with Crippen molar-refractivity contribution in [1.29, 1.82) is 0 Å². The Balaban J connectivity index is 1.73. The highest BCUT2D eigenvalue weighted by atomic mass is 32.2. The van der Waals surface area contributed by atoms with Crippen molar-refractivity contribution in [3.8, 4) is 0 Å². The first-order valence-electron chi connectivity index (χ1n) is 10.2. The van der Waals surface area contributed by atoms with Crippen LogP contribution in [0.4, 0.5) is 5.69 Å². The van der Waals surface area contributed by atoms with Gasteiger partial charge in [-0.1, -0.05) is 60.3 Å². The minimum Gasteiger partial charge on any atom is -0.356 e. The van der Waals surface area contributed by atoms with Crippen molar-refractivity contribution in [2.45, 2.75) is 26.3 Å². The summed E-state index contributed by atoms with van der Waals surface area (Å²) in [5, 5.41) is 8.58. The van der Waals surface area contributed by atoms with E-state index < -0.39 is 0 Å². The van der Waals surface area contributed by atoms with Crippen molar-refractivity contribution in [1.82, 2.24) is 10.2 Å². The van der Waals surface area contributed by atoms with Gasteiger partial charge in [-0.25, -0.2) is 4.99 Å². The summed E-state index contributed by atoms with van der Waals surface area (Å²) in [6, 6.07) is 18.9. The first-order valence-corrected chi connectivity index (χ1v) is 11.1. The van der Waals surface area contributed by atoms with E-state index in [9.17, 15) is 9.59 Å². The highest BCUT2D eigenvalue weighted by Crippen LogP contribution is 2.44. The van der Waals surface area contributed by atoms with Crippen LogP contribution in [-0.2, 0) is 9.59 Å². The monoisotopic (exact) mass is 432 g/mol. The molecule has 0 bridgehead atoms. The predicted molar refractivity (Wildman–Crippen MR) is 125 cm³/mol. The van der Waals surface area contributed by atoms with Crippen LogP contribution < -0.4 is 10.6 Å². The van der Waals surface area contributed by atoms with E-state index in [0.717, 1.165) is 22.1 Å². The molecule has 31 heavy (non-hydrogen) atoms. The van der Waals surface area contributed by atoms with E-state index in [1.54, 1.807) is 0 Å². The van der Waals surface area contributed by atoms with E-state index in [-0.39, 0.29) is 24.3 Å². The molecule has 0 saturated carbocycles. The number of aliphatic imine (C=N–C) groups is 1. The lowest BCUT2D eigenvalue weighted by molar-refractivity contribution is -0.120. The first-order chi connectivity index (χ1) is 15.1. The lowest BCUT2D eigenvalue weighted by atomic mass is 9.93. The topological polar surface area (TPSA) is 73.8 Å². The third kappa shape index (κ3) is 4.41. The molecule has 4 rings (SSSR count). The molecule has 6 nitrogen and oxygen atoms in total. The zero-order valence-corrected chi connectivity index (χ0v) is 18.3. The van der Waals surface area contributed by atoms with Gasteiger partial charge in [0.05, 0.1) is 23.7 Å². The maximum Gasteiger partial charge on any atom is 0.255 e. The molecule has 0 aliphatic carbocycles. The van der Waals surface area contributed by atoms with E-state index in [4.69, 9.17) is 4.99 Å². The number of benzene rings is 2. The van der Waals surface area contributed by atoms with Crippen LogP contribution in [0.5, 0.6) is 0 Å². The molecule has 0 saturated heterocycles. The number of hydrogen-bond acceptors (Lipinski definition) is 5. The van der Waals surface area contributed by atoms with Gasteiger partial charge in [0.25, 0.3) is 5.91 Å². The molecule has 2 N–H and O–H groups in total. The zero-order chi connectivity index (χ0) is 21.8. The number of allylic oxidation sites excluding steroid dienone is 1. The number of amidine groups is 1. The Bertz CT molecular complexity index is 1080. The van der Waals surface area contributed by atoms with Crippen LogP contribution in [0.15, 0.2) is 88.0 Å². The molecule has 0 unspecified atom stereocenters. The third-order valence-electron chi connectivity index (χ3n) is 5.11. The molecule has 7 heteroatoms. The molecule has 2 aliphatic heterocycles. The predicted octanol–water partition coefficient (Wildman–Crippen LogP) is 4.43. The molecular formula is C24H24N4O2S. The maximum atomic E-state index is 13.4. The van der Waals surface area contributed by atoms with E-state index in [1.165, 1.54) is 11.8 Å². The number of anilines is 1. The number of rotatable bonds is 6. The number of nitrogens with one attached hydrogen (secondary N) is 2. The Morgan fingerprint density at radius 1 is 1.06 bits per heavy atom. The third-order valence-corrected chi connectivity index (χ3v) is 6.00. The van der Waals surface area contributed by atoms with E-state index >= 15 is 0 Å². The summed E-state index contributed by atoms with van der Waals surface area (Å²) in [7, 11) is 0. The average Bonchev–Trinajstić information content (AvgIpc) is 3.16. The Morgan fingerprint density at radius 3 is 2.42 bits per heavy atom. The van der Waals surface area contributed by atoms with Crippen LogP contribution in [0.25, 0.3) is 0 Å². The van der Waals surface area contributed by atoms with Crippen molar-refractivity contribution < 1.29 is 9.59 Å². The second-order valence-electron chi connectivity index (χ2n) is 7.25. The lowest BCUT2D eigenvalue weighted by Crippen LogP contribution is -2.38. The smallest absolute Gasteiger partial charge is 0.255 e. The Kier molecular flexibility index (Phi) is 6.23. The molecule has 0 fully saturated rings. The second kappa shape index (κ2) is 9.22. The molecule has 2 heterocycles. The van der Waals surface area contributed by atoms with E-state index in [2.05, 4.69) is 10.6 Å². The van der Waals surface area contributed by atoms with Gasteiger partial charge < -0.3 is 15.5 Å². The van der Waals surface area contributed by atoms with Gasteiger partial charge in [-0.2, -0.15) is 0 Å². The van der Waals surface area contributed by atoms with Crippen molar-refractivity contribution in [2.75, 3.05) is 11.9 Å². The Morgan fingerprint density at radius 2 is 1.74 bits per heavy atom. The number of fused-ring (bicyclic) bond motifs is 1. The Labute approximate surface area is 186 Å². The average molecular weight is 433 g/mol. The fraction of sp³-hybridized carbons (Fsp3) is 0.208. The van der Waals surface area contributed by atoms with Gasteiger partial charge in [-0.3, -0.25) is 9.59 Å². The number of carbonyl (C=O) groups is 2. The SMILES string of the molecule is CCNC(=O)CC1=CSC2=NC(C)=C(C(=O)Nc3ccccc3)[C@H](c3ccccc3)N12. The first kappa shape index (κ1) is 20.9. The molecular weight excluding hydrogens is 408 g/mol. The van der Waals surface area contributed by atoms with E-state index in [1.807, 2.05) is 84.8 Å². The summed E-state index contributed by atoms with van der Waals surface area (Å²) >= 11 is 1.48. The number of hydrogen-bond donors (Lipinski definition) is 2. The molecule has 158 valence electrons. The lowest BCUT2D eigenvalue weighted by Gasteiger charge is -2.36. The van der Waals surface area contributed by atoms with Crippen LogP contribution in [0, 0.1) is 0 Å². The van der Waals surface area contributed by atoms with Gasteiger partial charge in [0.2, 0.25) is 5.91 Å². The summed E-state index contributed by atoms with van der Waals surface area (Å²) in [4.78, 5) is 32.5. The van der Waals surface area contributed by atoms with Crippen LogP contribution >= 0.6 is 11.8 Å². The highest BCUT2D eigenvalue weighted by Gasteiger charge is 2.40. The van der Waals surface area contributed by atoms with Crippen molar-refractivity contribution in [3.05, 3.63) is 88.6 Å². The number of carbonyl (C=O) groups excluding carboxylic acids is 2. The van der Waals surface area contributed by atoms with Gasteiger partial charge >= 0.3 is 0 Å². The number of para-hydroxylation sites is 1. The largest absolute Gasteiger partial charge is 0.356 e. The highest BCUT2D eigenvalue weighted by molar-refractivity contribution is 8.16. The molecule has 2 amide bonds. The van der Waals surface area contributed by atoms with Crippen LogP contribution in [0.1, 0.15) is 31.9 Å². The summed E-state index contributed by atoms with van der Waals surface area (Å²) < 4.78 is 0. The molecule has 0 aromatic heterocycles. The second-order valence-corrected chi connectivity index (χ2v) is 8.09. The van der Waals surface area contributed by atoms with Crippen LogP contribution in [-0.4, -0.2) is 28.4 Å². The number of nitrogens with zero attached hydrogens (tertiary/aromatic N) is 2. The number of thioether (sulfide) groups is 1. The standard InChI is InChI=1S/C24H24N4O2S/c1-3-25-20(29)14-19-15-31-24-26-16(2)21(23(30)27-18-12-8-5-9-13-18)22(28(19)24)17-10-6-4-7-11-17/h4-13,15,22H,3,14H2,1-2H3,(H,25,29)(H,27,30)/t22-/m0/s1. The van der Waals surface area contributed by atoms with Gasteiger partial charge in [-0.05, 0) is 37.0 Å². The normalized spacial score (nSPS) is 17.6. The fourth-order valence-corrected chi connectivity index (χ4v) is 4.72. The van der Waals surface area contributed by atoms with Crippen LogP contribution in [0.2, 0.25) is 0 Å². The quantitative estimate of drug-likeness (QED) is 0.708. The summed E-state index contributed by atoms with van der Waals surface area (Å²) in [5.74, 6) is -0.251. The molecule has 2 aromatic rings. The Hall–Kier alpha value is -3.32. The summed E-state index contributed by atoms with van der Waals surface area (Å²) in [5.41, 5.74) is 3.78. The molecule has 0 radical (unpaired) electrons. The molecule has 2 aliphatic rings. The van der Waals surface area contributed by atoms with Gasteiger partial charge in [0.15, 0.2) is 5.17 Å². The summed E-state index contributed by atoms with van der Waals surface area (Å²) in [6.45, 7) is 4.34. The minimum atomic E-state index is -0.368. The molecule has 0 spiro atoms. The maximum absolute atomic E-state index is 13.4.